The third-order valence-electron chi connectivity index (χ3n) is 4.63. The maximum atomic E-state index is 12.3. The highest BCUT2D eigenvalue weighted by molar-refractivity contribution is 7.91. The molecule has 23 heavy (non-hydrogen) atoms. The third-order valence-corrected chi connectivity index (χ3v) is 6.36. The summed E-state index contributed by atoms with van der Waals surface area (Å²) >= 11 is 0. The van der Waals surface area contributed by atoms with Crippen molar-refractivity contribution in [1.29, 1.82) is 0 Å². The Morgan fingerprint density at radius 2 is 1.91 bits per heavy atom. The van der Waals surface area contributed by atoms with Crippen LogP contribution in [0.25, 0.3) is 0 Å². The fourth-order valence-corrected chi connectivity index (χ4v) is 4.06. The van der Waals surface area contributed by atoms with Gasteiger partial charge in [-0.2, -0.15) is 0 Å². The summed E-state index contributed by atoms with van der Waals surface area (Å²) in [7, 11) is -3.42. The van der Waals surface area contributed by atoms with E-state index in [0.29, 0.717) is 13.1 Å². The minimum Gasteiger partial charge on any atom is -0.342 e. The van der Waals surface area contributed by atoms with Gasteiger partial charge in [0.05, 0.1) is 10.6 Å². The van der Waals surface area contributed by atoms with Crippen LogP contribution in [0.1, 0.15) is 32.3 Å². The molecule has 0 aliphatic carbocycles. The third kappa shape index (κ3) is 4.32. The molecule has 1 atom stereocenters. The van der Waals surface area contributed by atoms with E-state index in [4.69, 9.17) is 5.73 Å². The van der Waals surface area contributed by atoms with E-state index in [-0.39, 0.29) is 34.4 Å². The number of hydrogen-bond acceptors (Lipinski definition) is 4. The first-order valence-electron chi connectivity index (χ1n) is 7.95. The van der Waals surface area contributed by atoms with E-state index in [1.807, 2.05) is 20.8 Å². The van der Waals surface area contributed by atoms with Gasteiger partial charge in [0.2, 0.25) is 5.91 Å². The van der Waals surface area contributed by atoms with E-state index in [2.05, 4.69) is 0 Å². The van der Waals surface area contributed by atoms with E-state index in [1.54, 1.807) is 29.2 Å². The van der Waals surface area contributed by atoms with Crippen LogP contribution in [0.5, 0.6) is 0 Å². The second-order valence-corrected chi connectivity index (χ2v) is 9.19. The minimum atomic E-state index is -3.42. The molecule has 2 N–H and O–H groups in total. The van der Waals surface area contributed by atoms with Crippen molar-refractivity contribution in [2.24, 2.45) is 11.1 Å². The number of nitrogens with two attached hydrogens (primary N) is 1. The van der Waals surface area contributed by atoms with Crippen molar-refractivity contribution < 1.29 is 13.2 Å². The number of likely N-dealkylation sites (tertiary alicyclic amines) is 1. The first kappa shape index (κ1) is 17.9. The fourth-order valence-electron chi connectivity index (χ4n) is 2.83. The number of sulfone groups is 1. The molecule has 1 heterocycles. The molecule has 2 rings (SSSR count). The number of amides is 1. The monoisotopic (exact) mass is 338 g/mol. The van der Waals surface area contributed by atoms with Gasteiger partial charge >= 0.3 is 0 Å². The van der Waals surface area contributed by atoms with Gasteiger partial charge in [0.15, 0.2) is 9.84 Å². The van der Waals surface area contributed by atoms with E-state index < -0.39 is 9.84 Å². The molecule has 1 amide bonds. The standard InChI is InChI=1S/C17H26N2O3S/c1-13-4-6-14(7-5-13)23(21,22)11-9-16(20)19-10-8-15(18)17(2,3)12-19/h4-7,15H,8-12,18H2,1-3H3. The Morgan fingerprint density at radius 1 is 1.30 bits per heavy atom. The zero-order valence-corrected chi connectivity index (χ0v) is 14.9. The number of carbonyl (C=O) groups is 1. The molecular weight excluding hydrogens is 312 g/mol. The Hall–Kier alpha value is -1.40. The SMILES string of the molecule is Cc1ccc(S(=O)(=O)CCC(=O)N2CCC(N)C(C)(C)C2)cc1. The second kappa shape index (κ2) is 6.61. The molecule has 5 nitrogen and oxygen atoms in total. The van der Waals surface area contributed by atoms with Gasteiger partial charge < -0.3 is 10.6 Å². The van der Waals surface area contributed by atoms with Crippen molar-refractivity contribution >= 4 is 15.7 Å². The molecule has 1 aromatic rings. The van der Waals surface area contributed by atoms with Crippen LogP contribution >= 0.6 is 0 Å². The predicted molar refractivity (Wildman–Crippen MR) is 90.8 cm³/mol. The normalized spacial score (nSPS) is 21.2. The zero-order valence-electron chi connectivity index (χ0n) is 14.1. The minimum absolute atomic E-state index is 0.0154. The molecule has 1 aliphatic heterocycles. The molecule has 6 heteroatoms. The van der Waals surface area contributed by atoms with Crippen LogP contribution in [0.15, 0.2) is 29.2 Å². The van der Waals surface area contributed by atoms with Crippen molar-refractivity contribution in [3.05, 3.63) is 29.8 Å². The summed E-state index contributed by atoms with van der Waals surface area (Å²) in [5.74, 6) is -0.265. The second-order valence-electron chi connectivity index (χ2n) is 7.08. The van der Waals surface area contributed by atoms with E-state index in [0.717, 1.165) is 12.0 Å². The van der Waals surface area contributed by atoms with E-state index >= 15 is 0 Å². The van der Waals surface area contributed by atoms with Gasteiger partial charge in [0.25, 0.3) is 0 Å². The number of carbonyl (C=O) groups excluding carboxylic acids is 1. The summed E-state index contributed by atoms with van der Waals surface area (Å²) in [6, 6.07) is 6.80. The van der Waals surface area contributed by atoms with Crippen LogP contribution in [0.4, 0.5) is 0 Å². The van der Waals surface area contributed by atoms with Gasteiger partial charge in [-0.05, 0) is 30.9 Å². The Labute approximate surface area is 138 Å². The Bertz CT molecular complexity index is 666. The zero-order chi connectivity index (χ0) is 17.3. The molecule has 0 aromatic heterocycles. The Balaban J connectivity index is 1.97. The molecule has 0 radical (unpaired) electrons. The average molecular weight is 338 g/mol. The summed E-state index contributed by atoms with van der Waals surface area (Å²) in [6.45, 7) is 7.18. The topological polar surface area (TPSA) is 80.5 Å². The molecule has 0 bridgehead atoms. The first-order valence-corrected chi connectivity index (χ1v) is 9.60. The summed E-state index contributed by atoms with van der Waals surface area (Å²) in [5, 5.41) is 0. The van der Waals surface area contributed by atoms with Gasteiger partial charge in [0, 0.05) is 25.6 Å². The lowest BCUT2D eigenvalue weighted by Gasteiger charge is -2.42. The molecule has 128 valence electrons. The van der Waals surface area contributed by atoms with Gasteiger partial charge in [-0.25, -0.2) is 8.42 Å². The number of piperidine rings is 1. The van der Waals surface area contributed by atoms with Gasteiger partial charge in [-0.1, -0.05) is 31.5 Å². The van der Waals surface area contributed by atoms with Gasteiger partial charge in [0.1, 0.15) is 0 Å². The maximum absolute atomic E-state index is 12.3. The summed E-state index contributed by atoms with van der Waals surface area (Å²) in [4.78, 5) is 14.4. The van der Waals surface area contributed by atoms with Crippen LogP contribution < -0.4 is 5.73 Å². The number of nitrogens with zero attached hydrogens (tertiary/aromatic N) is 1. The summed E-state index contributed by atoms with van der Waals surface area (Å²) in [6.07, 6.45) is 0.769. The van der Waals surface area contributed by atoms with Crippen molar-refractivity contribution in [3.8, 4) is 0 Å². The van der Waals surface area contributed by atoms with Crippen molar-refractivity contribution in [2.75, 3.05) is 18.8 Å². The van der Waals surface area contributed by atoms with Crippen LogP contribution in [0.2, 0.25) is 0 Å². The number of aryl methyl sites for hydroxylation is 1. The molecular formula is C17H26N2O3S. The molecule has 1 unspecified atom stereocenters. The maximum Gasteiger partial charge on any atom is 0.223 e. The highest BCUT2D eigenvalue weighted by Gasteiger charge is 2.35. The average Bonchev–Trinajstić information content (AvgIpc) is 2.48. The Morgan fingerprint density at radius 3 is 2.48 bits per heavy atom. The van der Waals surface area contributed by atoms with E-state index in [9.17, 15) is 13.2 Å². The highest BCUT2D eigenvalue weighted by Crippen LogP contribution is 2.28. The number of hydrogen-bond donors (Lipinski definition) is 1. The van der Waals surface area contributed by atoms with Crippen LogP contribution in [0, 0.1) is 12.3 Å². The highest BCUT2D eigenvalue weighted by atomic mass is 32.2. The Kier molecular flexibility index (Phi) is 5.16. The summed E-state index contributed by atoms with van der Waals surface area (Å²) in [5.41, 5.74) is 6.94. The van der Waals surface area contributed by atoms with Crippen LogP contribution in [-0.4, -0.2) is 44.1 Å². The molecule has 1 saturated heterocycles. The molecule has 1 aliphatic rings. The molecule has 0 spiro atoms. The number of rotatable bonds is 4. The van der Waals surface area contributed by atoms with Crippen LogP contribution in [0.3, 0.4) is 0 Å². The lowest BCUT2D eigenvalue weighted by molar-refractivity contribution is -0.134. The van der Waals surface area contributed by atoms with Crippen molar-refractivity contribution in [1.82, 2.24) is 4.90 Å². The van der Waals surface area contributed by atoms with E-state index in [1.165, 1.54) is 0 Å². The van der Waals surface area contributed by atoms with Gasteiger partial charge in [-0.3, -0.25) is 4.79 Å². The smallest absolute Gasteiger partial charge is 0.223 e. The quantitative estimate of drug-likeness (QED) is 0.907. The fraction of sp³-hybridized carbons (Fsp3) is 0.588. The first-order chi connectivity index (χ1) is 10.6. The number of benzene rings is 1. The van der Waals surface area contributed by atoms with Crippen molar-refractivity contribution in [3.63, 3.8) is 0 Å². The van der Waals surface area contributed by atoms with Crippen LogP contribution in [-0.2, 0) is 14.6 Å². The lowest BCUT2D eigenvalue weighted by Crippen LogP contribution is -2.54. The molecule has 1 fully saturated rings. The molecule has 0 saturated carbocycles. The largest absolute Gasteiger partial charge is 0.342 e. The summed E-state index contributed by atoms with van der Waals surface area (Å²) < 4.78 is 24.6. The molecule has 1 aromatic carbocycles. The predicted octanol–water partition coefficient (Wildman–Crippen LogP) is 1.74. The van der Waals surface area contributed by atoms with Crippen molar-refractivity contribution in [2.45, 2.75) is 44.6 Å². The lowest BCUT2D eigenvalue weighted by atomic mass is 9.79. The van der Waals surface area contributed by atoms with Gasteiger partial charge in [-0.15, -0.1) is 0 Å².